The summed E-state index contributed by atoms with van der Waals surface area (Å²) in [5.41, 5.74) is 5.43. The third kappa shape index (κ3) is 3.78. The van der Waals surface area contributed by atoms with E-state index in [1.165, 1.54) is 0 Å². The van der Waals surface area contributed by atoms with Gasteiger partial charge in [0, 0.05) is 84.3 Å². The molecule has 190 valence electrons. The van der Waals surface area contributed by atoms with Gasteiger partial charge in [-0.1, -0.05) is 19.9 Å². The fraction of sp³-hybridized carbons (Fsp3) is 0.433. The Labute approximate surface area is 217 Å². The Morgan fingerprint density at radius 1 is 1.11 bits per heavy atom. The summed E-state index contributed by atoms with van der Waals surface area (Å²) in [5, 5.41) is 10.2. The number of nitrogens with one attached hydrogen (secondary N) is 1. The van der Waals surface area contributed by atoms with Crippen molar-refractivity contribution in [3.8, 4) is 6.07 Å². The molecule has 2 saturated heterocycles. The molecule has 0 radical (unpaired) electrons. The lowest BCUT2D eigenvalue weighted by Gasteiger charge is -2.42. The highest BCUT2D eigenvalue weighted by atomic mass is 16.5. The standard InChI is InChI=1S/C30H32N4O3/c1-18(35)22-15-23-24(16-26(22)34-10-8-33(9-11-34)20-6-12-37-13-7-20)30(2,3)29-27(28(23)36)21-5-4-19(17-31)14-25(21)32-29/h4-5,14-16,20,32H,6-13H2,1-3H3. The van der Waals surface area contributed by atoms with E-state index in [-0.39, 0.29) is 11.6 Å². The van der Waals surface area contributed by atoms with Crippen LogP contribution in [0.2, 0.25) is 0 Å². The number of aromatic nitrogens is 1. The van der Waals surface area contributed by atoms with Gasteiger partial charge in [-0.25, -0.2) is 0 Å². The fourth-order valence-corrected chi connectivity index (χ4v) is 6.46. The van der Waals surface area contributed by atoms with Crippen molar-refractivity contribution in [3.05, 3.63) is 63.8 Å². The van der Waals surface area contributed by atoms with E-state index in [0.717, 1.165) is 80.1 Å². The van der Waals surface area contributed by atoms with Gasteiger partial charge < -0.3 is 14.6 Å². The van der Waals surface area contributed by atoms with Gasteiger partial charge in [0.15, 0.2) is 11.6 Å². The second-order valence-corrected chi connectivity index (χ2v) is 11.0. The van der Waals surface area contributed by atoms with Crippen molar-refractivity contribution in [1.82, 2.24) is 9.88 Å². The van der Waals surface area contributed by atoms with Crippen molar-refractivity contribution in [2.24, 2.45) is 0 Å². The summed E-state index contributed by atoms with van der Waals surface area (Å²) in [6.07, 6.45) is 2.16. The van der Waals surface area contributed by atoms with Gasteiger partial charge in [-0.2, -0.15) is 5.26 Å². The topological polar surface area (TPSA) is 89.4 Å². The second-order valence-electron chi connectivity index (χ2n) is 11.0. The van der Waals surface area contributed by atoms with E-state index in [1.807, 2.05) is 12.1 Å². The number of fused-ring (bicyclic) bond motifs is 4. The zero-order chi connectivity index (χ0) is 25.9. The van der Waals surface area contributed by atoms with Gasteiger partial charge in [-0.05, 0) is 49.6 Å². The number of piperazine rings is 1. The molecule has 7 nitrogen and oxygen atoms in total. The molecule has 0 atom stereocenters. The predicted molar refractivity (Wildman–Crippen MR) is 143 cm³/mol. The fourth-order valence-electron chi connectivity index (χ4n) is 6.46. The average Bonchev–Trinajstić information content (AvgIpc) is 3.32. The van der Waals surface area contributed by atoms with Crippen molar-refractivity contribution in [1.29, 1.82) is 5.26 Å². The van der Waals surface area contributed by atoms with E-state index < -0.39 is 5.41 Å². The van der Waals surface area contributed by atoms with Crippen LogP contribution in [0.1, 0.15) is 76.7 Å². The molecule has 0 saturated carbocycles. The summed E-state index contributed by atoms with van der Waals surface area (Å²) in [7, 11) is 0. The minimum Gasteiger partial charge on any atom is -0.381 e. The van der Waals surface area contributed by atoms with Crippen LogP contribution in [-0.2, 0) is 10.2 Å². The Bertz CT molecular complexity index is 1460. The summed E-state index contributed by atoms with van der Waals surface area (Å²) in [6, 6.07) is 12.1. The number of nitrogens with zero attached hydrogens (tertiary/aromatic N) is 3. The van der Waals surface area contributed by atoms with E-state index in [1.54, 1.807) is 19.1 Å². The highest BCUT2D eigenvalue weighted by Gasteiger charge is 2.41. The van der Waals surface area contributed by atoms with E-state index in [0.29, 0.717) is 28.3 Å². The number of carbonyl (C=O) groups excluding carboxylic acids is 2. The summed E-state index contributed by atoms with van der Waals surface area (Å²) in [5.74, 6) is -0.0997. The van der Waals surface area contributed by atoms with Crippen molar-refractivity contribution < 1.29 is 14.3 Å². The van der Waals surface area contributed by atoms with Crippen LogP contribution in [0.15, 0.2) is 30.3 Å². The molecule has 2 aromatic carbocycles. The molecule has 0 unspecified atom stereocenters. The molecule has 0 spiro atoms. The number of aromatic amines is 1. The van der Waals surface area contributed by atoms with Gasteiger partial charge in [0.1, 0.15) is 0 Å². The monoisotopic (exact) mass is 496 g/mol. The first kappa shape index (κ1) is 23.9. The number of anilines is 1. The average molecular weight is 497 g/mol. The lowest BCUT2D eigenvalue weighted by Crippen LogP contribution is -2.52. The minimum absolute atomic E-state index is 0.0290. The number of hydrogen-bond donors (Lipinski definition) is 1. The Hall–Kier alpha value is -3.47. The van der Waals surface area contributed by atoms with Crippen LogP contribution < -0.4 is 4.90 Å². The predicted octanol–water partition coefficient (Wildman–Crippen LogP) is 4.41. The van der Waals surface area contributed by atoms with Crippen LogP contribution in [0.5, 0.6) is 0 Å². The Kier molecular flexibility index (Phi) is 5.70. The third-order valence-corrected chi connectivity index (χ3v) is 8.58. The van der Waals surface area contributed by atoms with Crippen molar-refractivity contribution in [2.75, 3.05) is 44.3 Å². The molecule has 1 aliphatic carbocycles. The Morgan fingerprint density at radius 2 is 1.84 bits per heavy atom. The minimum atomic E-state index is -0.474. The van der Waals surface area contributed by atoms with E-state index in [2.05, 4.69) is 40.8 Å². The highest BCUT2D eigenvalue weighted by molar-refractivity contribution is 6.21. The largest absolute Gasteiger partial charge is 0.381 e. The molecular weight excluding hydrogens is 464 g/mol. The van der Waals surface area contributed by atoms with E-state index in [9.17, 15) is 14.9 Å². The zero-order valence-corrected chi connectivity index (χ0v) is 21.7. The number of hydrogen-bond acceptors (Lipinski definition) is 6. The molecular formula is C30H32N4O3. The quantitative estimate of drug-likeness (QED) is 0.540. The molecule has 6 rings (SSSR count). The number of rotatable bonds is 3. The SMILES string of the molecule is CC(=O)c1cc2c(cc1N1CCN(C3CCOCC3)CC1)C(C)(C)c1[nH]c3cc(C#N)ccc3c1C2=O. The van der Waals surface area contributed by atoms with Gasteiger partial charge in [0.2, 0.25) is 0 Å². The van der Waals surface area contributed by atoms with E-state index in [4.69, 9.17) is 4.74 Å². The second kappa shape index (κ2) is 8.83. The Balaban J connectivity index is 1.40. The summed E-state index contributed by atoms with van der Waals surface area (Å²) in [4.78, 5) is 35.1. The summed E-state index contributed by atoms with van der Waals surface area (Å²) >= 11 is 0. The first-order valence-corrected chi connectivity index (χ1v) is 13.2. The van der Waals surface area contributed by atoms with E-state index >= 15 is 0 Å². The maximum absolute atomic E-state index is 13.9. The van der Waals surface area contributed by atoms with Crippen LogP contribution in [-0.4, -0.2) is 66.9 Å². The number of carbonyl (C=O) groups is 2. The summed E-state index contributed by atoms with van der Waals surface area (Å²) in [6.45, 7) is 11.1. The van der Waals surface area contributed by atoms with Gasteiger partial charge in [-0.3, -0.25) is 14.5 Å². The first-order chi connectivity index (χ1) is 17.8. The molecule has 3 aliphatic rings. The molecule has 2 aliphatic heterocycles. The van der Waals surface area contributed by atoms with Crippen LogP contribution in [0.25, 0.3) is 10.9 Å². The molecule has 3 heterocycles. The maximum atomic E-state index is 13.9. The molecule has 1 aromatic heterocycles. The third-order valence-electron chi connectivity index (χ3n) is 8.58. The molecule has 0 bridgehead atoms. The van der Waals surface area contributed by atoms with Crippen LogP contribution in [0.4, 0.5) is 5.69 Å². The smallest absolute Gasteiger partial charge is 0.195 e. The normalized spacial score (nSPS) is 19.9. The maximum Gasteiger partial charge on any atom is 0.195 e. The number of H-pyrrole nitrogens is 1. The van der Waals surface area contributed by atoms with Crippen molar-refractivity contribution >= 4 is 28.2 Å². The van der Waals surface area contributed by atoms with Gasteiger partial charge in [-0.15, -0.1) is 0 Å². The molecule has 0 amide bonds. The van der Waals surface area contributed by atoms with Crippen molar-refractivity contribution in [2.45, 2.75) is 45.1 Å². The number of ketones is 2. The lowest BCUT2D eigenvalue weighted by molar-refractivity contribution is 0.0321. The zero-order valence-electron chi connectivity index (χ0n) is 21.7. The van der Waals surface area contributed by atoms with Gasteiger partial charge in [0.25, 0.3) is 0 Å². The summed E-state index contributed by atoms with van der Waals surface area (Å²) < 4.78 is 5.54. The number of nitriles is 1. The van der Waals surface area contributed by atoms with Gasteiger partial charge >= 0.3 is 0 Å². The molecule has 37 heavy (non-hydrogen) atoms. The molecule has 1 N–H and O–H groups in total. The first-order valence-electron chi connectivity index (χ1n) is 13.2. The number of Topliss-reactive ketones (excluding diaryl/α,β-unsaturated/α-hetero) is 1. The number of benzene rings is 2. The molecule has 3 aromatic rings. The van der Waals surface area contributed by atoms with Crippen LogP contribution >= 0.6 is 0 Å². The molecule has 7 heteroatoms. The number of ether oxygens (including phenoxy) is 1. The van der Waals surface area contributed by atoms with Crippen LogP contribution in [0, 0.1) is 11.3 Å². The Morgan fingerprint density at radius 3 is 2.51 bits per heavy atom. The lowest BCUT2D eigenvalue weighted by atomic mass is 9.70. The van der Waals surface area contributed by atoms with Crippen molar-refractivity contribution in [3.63, 3.8) is 0 Å². The van der Waals surface area contributed by atoms with Gasteiger partial charge in [0.05, 0.1) is 17.2 Å². The highest BCUT2D eigenvalue weighted by Crippen LogP contribution is 2.46. The molecule has 2 fully saturated rings. The van der Waals surface area contributed by atoms with Crippen LogP contribution in [0.3, 0.4) is 0 Å².